The lowest BCUT2D eigenvalue weighted by atomic mass is 10.1. The molecule has 3 rings (SSSR count). The minimum atomic E-state index is 0.272. The van der Waals surface area contributed by atoms with Crippen molar-refractivity contribution in [2.75, 3.05) is 11.4 Å². The van der Waals surface area contributed by atoms with Crippen LogP contribution in [-0.2, 0) is 0 Å². The fourth-order valence-corrected chi connectivity index (χ4v) is 2.41. The van der Waals surface area contributed by atoms with E-state index >= 15 is 0 Å². The second-order valence-electron chi connectivity index (χ2n) is 4.43. The summed E-state index contributed by atoms with van der Waals surface area (Å²) < 4.78 is 0. The Morgan fingerprint density at radius 3 is 2.78 bits per heavy atom. The number of nitrogens with zero attached hydrogens (tertiary/aromatic N) is 5. The standard InChI is InChI=1S/C13H15N5/c1-10-14-8-5-11(17-10)12-4-2-9-18(12)13-15-6-3-7-16-13/h3,5-8,12H,2,4,9H2,1H3. The zero-order valence-corrected chi connectivity index (χ0v) is 10.3. The van der Waals surface area contributed by atoms with Gasteiger partial charge in [-0.1, -0.05) is 0 Å². The topological polar surface area (TPSA) is 54.8 Å². The van der Waals surface area contributed by atoms with E-state index in [0.717, 1.165) is 36.9 Å². The molecule has 0 N–H and O–H groups in total. The Morgan fingerprint density at radius 2 is 2.00 bits per heavy atom. The van der Waals surface area contributed by atoms with Gasteiger partial charge in [-0.15, -0.1) is 0 Å². The van der Waals surface area contributed by atoms with Crippen LogP contribution in [0.1, 0.15) is 30.4 Å². The summed E-state index contributed by atoms with van der Waals surface area (Å²) in [6.07, 6.45) is 7.62. The molecule has 0 bridgehead atoms. The quantitative estimate of drug-likeness (QED) is 0.804. The maximum atomic E-state index is 4.52. The smallest absolute Gasteiger partial charge is 0.225 e. The van der Waals surface area contributed by atoms with Crippen LogP contribution in [0, 0.1) is 6.92 Å². The molecular weight excluding hydrogens is 226 g/mol. The number of rotatable bonds is 2. The van der Waals surface area contributed by atoms with Crippen LogP contribution in [0.5, 0.6) is 0 Å². The van der Waals surface area contributed by atoms with E-state index in [1.54, 1.807) is 12.4 Å². The first kappa shape index (κ1) is 11.1. The zero-order chi connectivity index (χ0) is 12.4. The first-order valence-corrected chi connectivity index (χ1v) is 6.18. The lowest BCUT2D eigenvalue weighted by molar-refractivity contribution is 0.672. The number of anilines is 1. The van der Waals surface area contributed by atoms with E-state index in [1.165, 1.54) is 0 Å². The average Bonchev–Trinajstić information content (AvgIpc) is 2.89. The highest BCUT2D eigenvalue weighted by molar-refractivity contribution is 5.35. The van der Waals surface area contributed by atoms with Crippen LogP contribution < -0.4 is 4.90 Å². The molecule has 0 radical (unpaired) electrons. The van der Waals surface area contributed by atoms with E-state index in [4.69, 9.17) is 0 Å². The summed E-state index contributed by atoms with van der Waals surface area (Å²) in [5.74, 6) is 1.60. The van der Waals surface area contributed by atoms with Gasteiger partial charge in [-0.25, -0.2) is 19.9 Å². The van der Waals surface area contributed by atoms with E-state index < -0.39 is 0 Å². The fourth-order valence-electron chi connectivity index (χ4n) is 2.41. The first-order valence-electron chi connectivity index (χ1n) is 6.18. The maximum absolute atomic E-state index is 4.52. The van der Waals surface area contributed by atoms with Gasteiger partial charge in [0.25, 0.3) is 0 Å². The van der Waals surface area contributed by atoms with Crippen LogP contribution in [0.2, 0.25) is 0 Å². The molecule has 92 valence electrons. The second kappa shape index (κ2) is 4.68. The molecule has 1 unspecified atom stereocenters. The van der Waals surface area contributed by atoms with E-state index in [0.29, 0.717) is 0 Å². The molecule has 0 saturated carbocycles. The molecule has 1 atom stereocenters. The van der Waals surface area contributed by atoms with Gasteiger partial charge in [0.1, 0.15) is 5.82 Å². The van der Waals surface area contributed by atoms with Gasteiger partial charge in [-0.05, 0) is 31.9 Å². The van der Waals surface area contributed by atoms with Crippen LogP contribution in [-0.4, -0.2) is 26.5 Å². The van der Waals surface area contributed by atoms with E-state index in [2.05, 4.69) is 24.8 Å². The van der Waals surface area contributed by atoms with Crippen molar-refractivity contribution in [3.05, 3.63) is 42.2 Å². The number of aromatic nitrogens is 4. The van der Waals surface area contributed by atoms with Crippen molar-refractivity contribution in [2.45, 2.75) is 25.8 Å². The van der Waals surface area contributed by atoms with E-state index in [-0.39, 0.29) is 6.04 Å². The summed E-state index contributed by atoms with van der Waals surface area (Å²) in [5, 5.41) is 0. The largest absolute Gasteiger partial charge is 0.332 e. The van der Waals surface area contributed by atoms with Crippen molar-refractivity contribution < 1.29 is 0 Å². The number of aryl methyl sites for hydroxylation is 1. The molecule has 0 aliphatic carbocycles. The lowest BCUT2D eigenvalue weighted by Crippen LogP contribution is -2.25. The Bertz CT molecular complexity index is 528. The third kappa shape index (κ3) is 2.03. The summed E-state index contributed by atoms with van der Waals surface area (Å²) in [6.45, 7) is 2.90. The van der Waals surface area contributed by atoms with E-state index in [9.17, 15) is 0 Å². The van der Waals surface area contributed by atoms with Gasteiger partial charge in [0, 0.05) is 25.1 Å². The molecule has 0 spiro atoms. The van der Waals surface area contributed by atoms with Gasteiger partial charge >= 0.3 is 0 Å². The first-order chi connectivity index (χ1) is 8.84. The van der Waals surface area contributed by atoms with Crippen LogP contribution in [0.4, 0.5) is 5.95 Å². The van der Waals surface area contributed by atoms with Crippen LogP contribution in [0.3, 0.4) is 0 Å². The highest BCUT2D eigenvalue weighted by Crippen LogP contribution is 2.32. The summed E-state index contributed by atoms with van der Waals surface area (Å²) in [5.41, 5.74) is 1.06. The summed E-state index contributed by atoms with van der Waals surface area (Å²) in [6, 6.07) is 4.09. The lowest BCUT2D eigenvalue weighted by Gasteiger charge is -2.23. The second-order valence-corrected chi connectivity index (χ2v) is 4.43. The maximum Gasteiger partial charge on any atom is 0.225 e. The van der Waals surface area contributed by atoms with Crippen molar-refractivity contribution >= 4 is 5.95 Å². The summed E-state index contributed by atoms with van der Waals surface area (Å²) in [4.78, 5) is 19.6. The Labute approximate surface area is 106 Å². The van der Waals surface area contributed by atoms with Crippen molar-refractivity contribution in [2.24, 2.45) is 0 Å². The molecule has 1 fully saturated rings. The van der Waals surface area contributed by atoms with Gasteiger partial charge in [0.2, 0.25) is 5.95 Å². The number of hydrogen-bond acceptors (Lipinski definition) is 5. The SMILES string of the molecule is Cc1nccc(C2CCCN2c2ncccn2)n1. The highest BCUT2D eigenvalue weighted by Gasteiger charge is 2.28. The number of hydrogen-bond donors (Lipinski definition) is 0. The van der Waals surface area contributed by atoms with Crippen molar-refractivity contribution in [1.82, 2.24) is 19.9 Å². The monoisotopic (exact) mass is 241 g/mol. The van der Waals surface area contributed by atoms with Crippen molar-refractivity contribution in [1.29, 1.82) is 0 Å². The molecule has 1 saturated heterocycles. The molecule has 1 aliphatic heterocycles. The third-order valence-electron chi connectivity index (χ3n) is 3.20. The molecule has 2 aromatic heterocycles. The van der Waals surface area contributed by atoms with Crippen LogP contribution in [0.25, 0.3) is 0 Å². The molecule has 3 heterocycles. The molecule has 0 amide bonds. The Kier molecular flexibility index (Phi) is 2.88. The van der Waals surface area contributed by atoms with Gasteiger partial charge in [-0.2, -0.15) is 0 Å². The molecule has 5 heteroatoms. The molecule has 18 heavy (non-hydrogen) atoms. The predicted octanol–water partition coefficient (Wildman–Crippen LogP) is 1.92. The predicted molar refractivity (Wildman–Crippen MR) is 68.1 cm³/mol. The van der Waals surface area contributed by atoms with Crippen molar-refractivity contribution in [3.8, 4) is 0 Å². The highest BCUT2D eigenvalue weighted by atomic mass is 15.3. The van der Waals surface area contributed by atoms with Crippen molar-refractivity contribution in [3.63, 3.8) is 0 Å². The summed E-state index contributed by atoms with van der Waals surface area (Å²) >= 11 is 0. The van der Waals surface area contributed by atoms with Gasteiger partial charge in [0.15, 0.2) is 0 Å². The Morgan fingerprint density at radius 1 is 1.17 bits per heavy atom. The molecular formula is C13H15N5. The normalized spacial score (nSPS) is 19.2. The fraction of sp³-hybridized carbons (Fsp3) is 0.385. The third-order valence-corrected chi connectivity index (χ3v) is 3.20. The summed E-state index contributed by atoms with van der Waals surface area (Å²) in [7, 11) is 0. The minimum Gasteiger partial charge on any atom is -0.332 e. The zero-order valence-electron chi connectivity index (χ0n) is 10.3. The molecule has 0 aromatic carbocycles. The Hall–Kier alpha value is -2.04. The molecule has 5 nitrogen and oxygen atoms in total. The van der Waals surface area contributed by atoms with E-state index in [1.807, 2.05) is 25.3 Å². The van der Waals surface area contributed by atoms with Gasteiger partial charge in [0.05, 0.1) is 11.7 Å². The average molecular weight is 241 g/mol. The van der Waals surface area contributed by atoms with Crippen LogP contribution in [0.15, 0.2) is 30.7 Å². The van der Waals surface area contributed by atoms with Crippen LogP contribution >= 0.6 is 0 Å². The minimum absolute atomic E-state index is 0.272. The molecule has 1 aliphatic rings. The van der Waals surface area contributed by atoms with Gasteiger partial charge in [-0.3, -0.25) is 0 Å². The molecule has 2 aromatic rings. The van der Waals surface area contributed by atoms with Gasteiger partial charge < -0.3 is 4.90 Å². The Balaban J connectivity index is 1.92.